The van der Waals surface area contributed by atoms with Crippen molar-refractivity contribution in [1.29, 1.82) is 0 Å². The fourth-order valence-electron chi connectivity index (χ4n) is 4.17. The number of ether oxygens (including phenoxy) is 2. The maximum Gasteiger partial charge on any atom is 0.407 e. The lowest BCUT2D eigenvalue weighted by Crippen LogP contribution is -2.52. The van der Waals surface area contributed by atoms with Gasteiger partial charge in [0.2, 0.25) is 11.8 Å². The van der Waals surface area contributed by atoms with Gasteiger partial charge in [-0.15, -0.1) is 6.58 Å². The average molecular weight is 562 g/mol. The van der Waals surface area contributed by atoms with Gasteiger partial charge in [-0.3, -0.25) is 4.79 Å². The van der Waals surface area contributed by atoms with Crippen molar-refractivity contribution in [2.24, 2.45) is 0 Å². The molecule has 3 atom stereocenters. The number of unbranched alkanes of at least 4 members (excludes halogenated alkanes) is 2. The third-order valence-corrected chi connectivity index (χ3v) is 6.52. The highest BCUT2D eigenvalue weighted by atomic mass is 79.9. The van der Waals surface area contributed by atoms with Crippen molar-refractivity contribution in [2.75, 3.05) is 13.2 Å². The van der Waals surface area contributed by atoms with Gasteiger partial charge in [-0.25, -0.2) is 14.6 Å². The molecule has 0 unspecified atom stereocenters. The molecular formula is C26H32BrN3O6. The summed E-state index contributed by atoms with van der Waals surface area (Å²) in [4.78, 5) is 43.4. The lowest BCUT2D eigenvalue weighted by Gasteiger charge is -2.27. The van der Waals surface area contributed by atoms with Crippen molar-refractivity contribution >= 4 is 44.7 Å². The lowest BCUT2D eigenvalue weighted by molar-refractivity contribution is -0.149. The molecule has 194 valence electrons. The number of carboxylic acids is 1. The van der Waals surface area contributed by atoms with Gasteiger partial charge >= 0.3 is 12.1 Å². The Bertz CT molecular complexity index is 1090. The summed E-state index contributed by atoms with van der Waals surface area (Å²) in [5.74, 6) is -1.20. The van der Waals surface area contributed by atoms with Crippen LogP contribution < -0.4 is 10.1 Å². The number of carboxylic acid groups (broad SMARTS) is 1. The van der Waals surface area contributed by atoms with Crippen LogP contribution in [-0.2, 0) is 14.3 Å². The highest BCUT2D eigenvalue weighted by Gasteiger charge is 2.43. The molecule has 0 bridgehead atoms. The van der Waals surface area contributed by atoms with E-state index in [9.17, 15) is 19.5 Å². The van der Waals surface area contributed by atoms with Gasteiger partial charge < -0.3 is 24.8 Å². The van der Waals surface area contributed by atoms with Gasteiger partial charge in [0.05, 0.1) is 13.2 Å². The molecule has 0 aliphatic carbocycles. The highest BCUT2D eigenvalue weighted by molar-refractivity contribution is 9.10. The molecule has 10 heteroatoms. The maximum absolute atomic E-state index is 13.4. The minimum Gasteiger partial charge on any atom is -0.480 e. The van der Waals surface area contributed by atoms with Crippen LogP contribution in [0.1, 0.15) is 45.4 Å². The van der Waals surface area contributed by atoms with E-state index in [1.165, 1.54) is 4.90 Å². The van der Waals surface area contributed by atoms with E-state index in [1.54, 1.807) is 12.3 Å². The molecule has 1 fully saturated rings. The zero-order valence-electron chi connectivity index (χ0n) is 20.3. The Morgan fingerprint density at radius 3 is 2.86 bits per heavy atom. The largest absolute Gasteiger partial charge is 0.480 e. The van der Waals surface area contributed by atoms with Crippen LogP contribution in [0, 0.1) is 0 Å². The number of benzene rings is 1. The monoisotopic (exact) mass is 561 g/mol. The van der Waals surface area contributed by atoms with E-state index in [-0.39, 0.29) is 19.6 Å². The Labute approximate surface area is 219 Å². The maximum atomic E-state index is 13.4. The Morgan fingerprint density at radius 1 is 1.33 bits per heavy atom. The van der Waals surface area contributed by atoms with Crippen LogP contribution in [0.3, 0.4) is 0 Å². The summed E-state index contributed by atoms with van der Waals surface area (Å²) >= 11 is 3.45. The normalized spacial score (nSPS) is 18.0. The first-order valence-corrected chi connectivity index (χ1v) is 12.9. The molecule has 1 aliphatic heterocycles. The van der Waals surface area contributed by atoms with Crippen molar-refractivity contribution in [1.82, 2.24) is 15.2 Å². The van der Waals surface area contributed by atoms with E-state index in [0.717, 1.165) is 21.7 Å². The van der Waals surface area contributed by atoms with Gasteiger partial charge in [-0.2, -0.15) is 0 Å². The standard InChI is InChI=1S/C26H32BrN3O6/c1-3-5-7-13-35-26(34)29-21(8-6-4-2)24(31)30-16-19(15-22(30)25(32)33)36-23-20-14-18(27)10-9-17(20)11-12-28-23/h3,9-12,14,19,21-22H,1,4-8,13,15-16H2,2H3,(H,29,34)(H,32,33)/t19-,21+,22+/m1/s1. The molecule has 0 radical (unpaired) electrons. The second kappa shape index (κ2) is 13.2. The number of nitrogens with one attached hydrogen (secondary N) is 1. The van der Waals surface area contributed by atoms with E-state index in [1.807, 2.05) is 31.2 Å². The first-order valence-electron chi connectivity index (χ1n) is 12.1. The number of allylic oxidation sites excluding steroid dienone is 1. The minimum absolute atomic E-state index is 0.0700. The number of carbonyl (C=O) groups excluding carboxylic acids is 2. The first-order chi connectivity index (χ1) is 17.3. The van der Waals surface area contributed by atoms with Crippen molar-refractivity contribution in [3.05, 3.63) is 47.6 Å². The Hall–Kier alpha value is -3.14. The SMILES string of the molecule is C=CCCCOC(=O)N[C@@H](CCCC)C(=O)N1C[C@H](Oc2nccc3ccc(Br)cc23)C[C@H]1C(=O)O. The number of pyridine rings is 1. The second-order valence-electron chi connectivity index (χ2n) is 8.71. The Balaban J connectivity index is 1.73. The van der Waals surface area contributed by atoms with Gasteiger partial charge in [0.1, 0.15) is 18.2 Å². The molecular weight excluding hydrogens is 530 g/mol. The van der Waals surface area contributed by atoms with Crippen LogP contribution in [0.5, 0.6) is 5.88 Å². The smallest absolute Gasteiger partial charge is 0.407 e. The summed E-state index contributed by atoms with van der Waals surface area (Å²) in [5, 5.41) is 14.2. The van der Waals surface area contributed by atoms with Crippen molar-refractivity contribution in [3.63, 3.8) is 0 Å². The summed E-state index contributed by atoms with van der Waals surface area (Å²) in [7, 11) is 0. The fraction of sp³-hybridized carbons (Fsp3) is 0.462. The molecule has 1 saturated heterocycles. The molecule has 2 aromatic rings. The third-order valence-electron chi connectivity index (χ3n) is 6.02. The number of carbonyl (C=O) groups is 3. The second-order valence-corrected chi connectivity index (χ2v) is 9.62. The number of hydrogen-bond donors (Lipinski definition) is 2. The molecule has 3 rings (SSSR count). The van der Waals surface area contributed by atoms with Crippen LogP contribution in [0.4, 0.5) is 4.79 Å². The quantitative estimate of drug-likeness (QED) is 0.285. The minimum atomic E-state index is -1.12. The highest BCUT2D eigenvalue weighted by Crippen LogP contribution is 2.30. The topological polar surface area (TPSA) is 118 Å². The number of aliphatic carboxylic acids is 1. The molecule has 1 aromatic heterocycles. The van der Waals surface area contributed by atoms with Gasteiger partial charge in [-0.05, 0) is 42.8 Å². The van der Waals surface area contributed by atoms with Crippen LogP contribution in [0.25, 0.3) is 10.8 Å². The molecule has 0 saturated carbocycles. The molecule has 1 aliphatic rings. The van der Waals surface area contributed by atoms with Gasteiger partial charge in [0.15, 0.2) is 0 Å². The van der Waals surface area contributed by atoms with E-state index >= 15 is 0 Å². The number of rotatable bonds is 12. The average Bonchev–Trinajstić information content (AvgIpc) is 3.28. The first kappa shape index (κ1) is 27.4. The molecule has 0 spiro atoms. The van der Waals surface area contributed by atoms with Crippen LogP contribution >= 0.6 is 15.9 Å². The number of halogens is 1. The summed E-state index contributed by atoms with van der Waals surface area (Å²) < 4.78 is 12.1. The van der Waals surface area contributed by atoms with Crippen molar-refractivity contribution < 1.29 is 29.0 Å². The summed E-state index contributed by atoms with van der Waals surface area (Å²) in [6.07, 6.45) is 5.44. The Morgan fingerprint density at radius 2 is 2.14 bits per heavy atom. The number of fused-ring (bicyclic) bond motifs is 1. The van der Waals surface area contributed by atoms with Gasteiger partial charge in [-0.1, -0.05) is 47.8 Å². The predicted octanol–water partition coefficient (Wildman–Crippen LogP) is 4.68. The van der Waals surface area contributed by atoms with E-state index in [0.29, 0.717) is 31.6 Å². The van der Waals surface area contributed by atoms with Crippen LogP contribution in [0.15, 0.2) is 47.6 Å². The zero-order valence-corrected chi connectivity index (χ0v) is 21.9. The lowest BCUT2D eigenvalue weighted by atomic mass is 10.1. The van der Waals surface area contributed by atoms with E-state index in [2.05, 4.69) is 32.8 Å². The number of hydrogen-bond acceptors (Lipinski definition) is 6. The number of alkyl carbamates (subject to hydrolysis) is 1. The summed E-state index contributed by atoms with van der Waals surface area (Å²) in [5.41, 5.74) is 0. The molecule has 2 N–H and O–H groups in total. The summed E-state index contributed by atoms with van der Waals surface area (Å²) in [6, 6.07) is 5.63. The van der Waals surface area contributed by atoms with Gasteiger partial charge in [0.25, 0.3) is 0 Å². The van der Waals surface area contributed by atoms with Crippen molar-refractivity contribution in [3.8, 4) is 5.88 Å². The van der Waals surface area contributed by atoms with Crippen LogP contribution in [0.2, 0.25) is 0 Å². The number of likely N-dealkylation sites (tertiary alicyclic amines) is 1. The molecule has 2 amide bonds. The van der Waals surface area contributed by atoms with E-state index in [4.69, 9.17) is 9.47 Å². The van der Waals surface area contributed by atoms with Crippen molar-refractivity contribution in [2.45, 2.75) is 63.6 Å². The van der Waals surface area contributed by atoms with E-state index < -0.39 is 36.2 Å². The van der Waals surface area contributed by atoms with Crippen LogP contribution in [-0.4, -0.2) is 64.3 Å². The molecule has 36 heavy (non-hydrogen) atoms. The molecule has 1 aromatic carbocycles. The Kier molecular flexibility index (Phi) is 10.1. The third kappa shape index (κ3) is 7.19. The molecule has 9 nitrogen and oxygen atoms in total. The summed E-state index contributed by atoms with van der Waals surface area (Å²) in [6.45, 7) is 5.88. The van der Waals surface area contributed by atoms with Gasteiger partial charge in [0, 0.05) is 22.5 Å². The molecule has 2 heterocycles. The zero-order chi connectivity index (χ0) is 26.1. The fourth-order valence-corrected chi connectivity index (χ4v) is 4.53. The number of amides is 2. The number of nitrogens with zero attached hydrogens (tertiary/aromatic N) is 2. The predicted molar refractivity (Wildman–Crippen MR) is 139 cm³/mol. The number of aromatic nitrogens is 1.